The minimum Gasteiger partial charge on any atom is -0.328 e. The first-order chi connectivity index (χ1) is 12.1. The Balaban J connectivity index is 1.54. The fourth-order valence-corrected chi connectivity index (χ4v) is 3.00. The molecule has 1 heterocycles. The van der Waals surface area contributed by atoms with Gasteiger partial charge in [-0.25, -0.2) is 0 Å². The normalized spacial score (nSPS) is 15.6. The van der Waals surface area contributed by atoms with E-state index in [1.807, 2.05) is 5.01 Å². The number of nitrogens with zero attached hydrogens (tertiary/aromatic N) is 3. The number of hydrogen-bond donors (Lipinski definition) is 1. The van der Waals surface area contributed by atoms with E-state index in [1.54, 1.807) is 29.3 Å². The third-order valence-electron chi connectivity index (χ3n) is 4.52. The molecule has 0 aromatic heterocycles. The fraction of sp³-hybridized carbons (Fsp3) is 0.316. The lowest BCUT2D eigenvalue weighted by Crippen LogP contribution is -3.13. The average molecular weight is 339 g/mol. The third kappa shape index (κ3) is 4.64. The zero-order chi connectivity index (χ0) is 17.6. The zero-order valence-corrected chi connectivity index (χ0v) is 14.4. The number of nitro benzene ring substituents is 1. The number of benzene rings is 2. The van der Waals surface area contributed by atoms with Crippen LogP contribution in [0.5, 0.6) is 0 Å². The molecule has 6 heteroatoms. The van der Waals surface area contributed by atoms with Crippen molar-refractivity contribution in [2.24, 2.45) is 5.10 Å². The number of hydrazone groups is 1. The number of nitrogens with one attached hydrogen (secondary N) is 1. The molecular formula is C19H23N4O2+. The topological polar surface area (TPSA) is 63.2 Å². The summed E-state index contributed by atoms with van der Waals surface area (Å²) in [5, 5.41) is 17.5. The van der Waals surface area contributed by atoms with Gasteiger partial charge in [0.2, 0.25) is 0 Å². The Labute approximate surface area is 147 Å². The van der Waals surface area contributed by atoms with Gasteiger partial charge in [-0.15, -0.1) is 0 Å². The maximum atomic E-state index is 11.0. The molecule has 0 bridgehead atoms. The van der Waals surface area contributed by atoms with Crippen molar-refractivity contribution < 1.29 is 9.82 Å². The first-order valence-electron chi connectivity index (χ1n) is 8.53. The van der Waals surface area contributed by atoms with Crippen LogP contribution in [0.1, 0.15) is 16.7 Å². The number of para-hydroxylation sites is 1. The van der Waals surface area contributed by atoms with Gasteiger partial charge in [-0.2, -0.15) is 5.10 Å². The molecule has 0 aliphatic carbocycles. The van der Waals surface area contributed by atoms with Gasteiger partial charge in [0.15, 0.2) is 0 Å². The van der Waals surface area contributed by atoms with E-state index >= 15 is 0 Å². The summed E-state index contributed by atoms with van der Waals surface area (Å²) in [5.41, 5.74) is 3.28. The standard InChI is InChI=1S/C19H22N4O2/c1-16-6-8-17(9-7-16)15-21-10-12-22(13-11-21)20-14-18-4-2-3-5-19(18)23(24)25/h2-9,14H,10-13,15H2,1H3/p+1/b20-14-. The fourth-order valence-electron chi connectivity index (χ4n) is 3.00. The van der Waals surface area contributed by atoms with Crippen LogP contribution < -0.4 is 4.90 Å². The molecule has 2 aromatic carbocycles. The smallest absolute Gasteiger partial charge is 0.278 e. The summed E-state index contributed by atoms with van der Waals surface area (Å²) in [5.74, 6) is 0. The van der Waals surface area contributed by atoms with Crippen molar-refractivity contribution in [2.75, 3.05) is 26.2 Å². The van der Waals surface area contributed by atoms with Crippen molar-refractivity contribution >= 4 is 11.9 Å². The molecule has 1 aliphatic rings. The summed E-state index contributed by atoms with van der Waals surface area (Å²) in [6.07, 6.45) is 1.60. The Morgan fingerprint density at radius 3 is 2.52 bits per heavy atom. The van der Waals surface area contributed by atoms with Crippen LogP contribution in [0.25, 0.3) is 0 Å². The van der Waals surface area contributed by atoms with Gasteiger partial charge >= 0.3 is 0 Å². The van der Waals surface area contributed by atoms with E-state index < -0.39 is 0 Å². The molecule has 130 valence electrons. The number of quaternary nitrogens is 1. The number of piperazine rings is 1. The second-order valence-electron chi connectivity index (χ2n) is 6.43. The van der Waals surface area contributed by atoms with Gasteiger partial charge in [-0.3, -0.25) is 15.1 Å². The number of hydrogen-bond acceptors (Lipinski definition) is 4. The zero-order valence-electron chi connectivity index (χ0n) is 14.4. The largest absolute Gasteiger partial charge is 0.328 e. The molecule has 2 aromatic rings. The van der Waals surface area contributed by atoms with Crippen LogP contribution in [0.15, 0.2) is 53.6 Å². The molecular weight excluding hydrogens is 316 g/mol. The summed E-state index contributed by atoms with van der Waals surface area (Å²) in [4.78, 5) is 12.2. The van der Waals surface area contributed by atoms with Crippen LogP contribution in [0, 0.1) is 17.0 Å². The summed E-state index contributed by atoms with van der Waals surface area (Å²) in [7, 11) is 0. The molecule has 1 saturated heterocycles. The molecule has 1 fully saturated rings. The van der Waals surface area contributed by atoms with Crippen LogP contribution in [-0.2, 0) is 6.54 Å². The number of rotatable bonds is 5. The first kappa shape index (κ1) is 17.1. The minimum absolute atomic E-state index is 0.0925. The van der Waals surface area contributed by atoms with E-state index in [4.69, 9.17) is 0 Å². The van der Waals surface area contributed by atoms with E-state index in [0.717, 1.165) is 32.7 Å². The number of nitro groups is 1. The Hall–Kier alpha value is -2.73. The molecule has 0 atom stereocenters. The lowest BCUT2D eigenvalue weighted by Gasteiger charge is -2.30. The van der Waals surface area contributed by atoms with Gasteiger partial charge in [0.25, 0.3) is 5.69 Å². The van der Waals surface area contributed by atoms with E-state index in [9.17, 15) is 10.1 Å². The predicted octanol–water partition coefficient (Wildman–Crippen LogP) is 1.64. The lowest BCUT2D eigenvalue weighted by atomic mass is 10.1. The molecule has 0 saturated carbocycles. The van der Waals surface area contributed by atoms with Crippen LogP contribution >= 0.6 is 0 Å². The highest BCUT2D eigenvalue weighted by atomic mass is 16.6. The SMILES string of the molecule is Cc1ccc(C[NH+]2CCN(/N=C\c3ccccc3[N+](=O)[O-])CC2)cc1. The van der Waals surface area contributed by atoms with E-state index in [1.165, 1.54) is 17.2 Å². The monoisotopic (exact) mass is 339 g/mol. The van der Waals surface area contributed by atoms with Crippen molar-refractivity contribution in [1.82, 2.24) is 5.01 Å². The molecule has 1 N–H and O–H groups in total. The molecule has 3 rings (SSSR count). The maximum Gasteiger partial charge on any atom is 0.278 e. The van der Waals surface area contributed by atoms with Crippen LogP contribution in [0.2, 0.25) is 0 Å². The van der Waals surface area contributed by atoms with Gasteiger partial charge in [0, 0.05) is 11.6 Å². The number of aryl methyl sites for hydroxylation is 1. The average Bonchev–Trinajstić information content (AvgIpc) is 2.63. The van der Waals surface area contributed by atoms with Gasteiger partial charge in [0.1, 0.15) is 6.54 Å². The minimum atomic E-state index is -0.370. The van der Waals surface area contributed by atoms with Crippen molar-refractivity contribution in [1.29, 1.82) is 0 Å². The summed E-state index contributed by atoms with van der Waals surface area (Å²) >= 11 is 0. The molecule has 0 amide bonds. The van der Waals surface area contributed by atoms with Crippen molar-refractivity contribution in [3.63, 3.8) is 0 Å². The molecule has 0 spiro atoms. The lowest BCUT2D eigenvalue weighted by molar-refractivity contribution is -0.918. The summed E-state index contributed by atoms with van der Waals surface area (Å²) in [6.45, 7) is 6.88. The molecule has 25 heavy (non-hydrogen) atoms. The highest BCUT2D eigenvalue weighted by molar-refractivity contribution is 5.84. The summed E-state index contributed by atoms with van der Waals surface area (Å²) in [6, 6.07) is 15.4. The highest BCUT2D eigenvalue weighted by Gasteiger charge is 2.19. The van der Waals surface area contributed by atoms with E-state index in [0.29, 0.717) is 5.56 Å². The summed E-state index contributed by atoms with van der Waals surface area (Å²) < 4.78 is 0. The first-order valence-corrected chi connectivity index (χ1v) is 8.53. The molecule has 6 nitrogen and oxygen atoms in total. The van der Waals surface area contributed by atoms with Crippen molar-refractivity contribution in [3.05, 3.63) is 75.3 Å². The maximum absolute atomic E-state index is 11.0. The Morgan fingerprint density at radius 2 is 1.84 bits per heavy atom. The predicted molar refractivity (Wildman–Crippen MR) is 97.8 cm³/mol. The quantitative estimate of drug-likeness (QED) is 0.512. The van der Waals surface area contributed by atoms with Gasteiger partial charge in [0.05, 0.1) is 42.9 Å². The van der Waals surface area contributed by atoms with Crippen LogP contribution in [0.4, 0.5) is 5.69 Å². The van der Waals surface area contributed by atoms with Gasteiger partial charge in [-0.05, 0) is 13.0 Å². The molecule has 0 unspecified atom stereocenters. The van der Waals surface area contributed by atoms with Crippen molar-refractivity contribution in [2.45, 2.75) is 13.5 Å². The second kappa shape index (κ2) is 7.90. The van der Waals surface area contributed by atoms with Crippen LogP contribution in [-0.4, -0.2) is 42.3 Å². The Bertz CT molecular complexity index is 750. The van der Waals surface area contributed by atoms with Crippen molar-refractivity contribution in [3.8, 4) is 0 Å². The van der Waals surface area contributed by atoms with Crippen LogP contribution in [0.3, 0.4) is 0 Å². The Kier molecular flexibility index (Phi) is 5.40. The third-order valence-corrected chi connectivity index (χ3v) is 4.52. The van der Waals surface area contributed by atoms with E-state index in [2.05, 4.69) is 36.3 Å². The highest BCUT2D eigenvalue weighted by Crippen LogP contribution is 2.15. The van der Waals surface area contributed by atoms with Gasteiger partial charge in [-0.1, -0.05) is 42.0 Å². The second-order valence-corrected chi connectivity index (χ2v) is 6.43. The Morgan fingerprint density at radius 1 is 1.16 bits per heavy atom. The van der Waals surface area contributed by atoms with E-state index in [-0.39, 0.29) is 10.6 Å². The van der Waals surface area contributed by atoms with Gasteiger partial charge < -0.3 is 4.90 Å². The molecule has 0 radical (unpaired) electrons. The molecule has 1 aliphatic heterocycles.